The van der Waals surface area contributed by atoms with Gasteiger partial charge in [0.2, 0.25) is 5.91 Å². The molecule has 1 aliphatic rings. The first kappa shape index (κ1) is 23.2. The molecule has 4 nitrogen and oxygen atoms in total. The van der Waals surface area contributed by atoms with E-state index in [1.807, 2.05) is 30.1 Å². The van der Waals surface area contributed by atoms with Gasteiger partial charge in [0.15, 0.2) is 0 Å². The van der Waals surface area contributed by atoms with Gasteiger partial charge in [-0.25, -0.2) is 0 Å². The van der Waals surface area contributed by atoms with E-state index >= 15 is 0 Å². The standard InChI is InChI=1S/C18H22ClN3OS.2ClH/c1-20-12-18(23)22-10-8-21(9-11-22)13-14-6-7-17(24-14)15-4-2-3-5-16(15)19;;/h2-7,20H,8-13H2,1H3;2*1H. The predicted octanol–water partition coefficient (Wildman–Crippen LogP) is 3.78. The second-order valence-corrected chi connectivity index (χ2v) is 7.51. The number of hydrogen-bond donors (Lipinski definition) is 1. The topological polar surface area (TPSA) is 35.6 Å². The zero-order valence-electron chi connectivity index (χ0n) is 14.6. The van der Waals surface area contributed by atoms with E-state index in [4.69, 9.17) is 11.6 Å². The van der Waals surface area contributed by atoms with E-state index in [2.05, 4.69) is 28.4 Å². The summed E-state index contributed by atoms with van der Waals surface area (Å²) in [6.07, 6.45) is 0. The fourth-order valence-corrected chi connectivity index (χ4v) is 4.29. The Morgan fingerprint density at radius 2 is 1.81 bits per heavy atom. The van der Waals surface area contributed by atoms with Crippen molar-refractivity contribution < 1.29 is 4.79 Å². The first-order valence-corrected chi connectivity index (χ1v) is 9.35. The zero-order chi connectivity index (χ0) is 16.9. The molecule has 1 fully saturated rings. The molecule has 8 heteroatoms. The highest BCUT2D eigenvalue weighted by atomic mass is 35.5. The van der Waals surface area contributed by atoms with E-state index < -0.39 is 0 Å². The lowest BCUT2D eigenvalue weighted by Gasteiger charge is -2.34. The lowest BCUT2D eigenvalue weighted by atomic mass is 10.2. The number of piperazine rings is 1. The summed E-state index contributed by atoms with van der Waals surface area (Å²) >= 11 is 8.08. The van der Waals surface area contributed by atoms with Gasteiger partial charge in [-0.15, -0.1) is 36.2 Å². The Balaban J connectivity index is 0.00000169. The van der Waals surface area contributed by atoms with Gasteiger partial charge >= 0.3 is 0 Å². The van der Waals surface area contributed by atoms with Crippen LogP contribution in [0.2, 0.25) is 5.02 Å². The molecule has 2 heterocycles. The second-order valence-electron chi connectivity index (χ2n) is 5.93. The molecular weight excluding hydrogens is 413 g/mol. The lowest BCUT2D eigenvalue weighted by Crippen LogP contribution is -2.50. The summed E-state index contributed by atoms with van der Waals surface area (Å²) in [7, 11) is 1.81. The van der Waals surface area contributed by atoms with Crippen molar-refractivity contribution in [3.63, 3.8) is 0 Å². The molecule has 26 heavy (non-hydrogen) atoms. The molecule has 144 valence electrons. The van der Waals surface area contributed by atoms with Gasteiger partial charge in [-0.3, -0.25) is 9.69 Å². The van der Waals surface area contributed by atoms with Crippen molar-refractivity contribution in [3.05, 3.63) is 46.3 Å². The molecule has 1 saturated heterocycles. The Morgan fingerprint density at radius 3 is 2.46 bits per heavy atom. The summed E-state index contributed by atoms with van der Waals surface area (Å²) < 4.78 is 0. The summed E-state index contributed by atoms with van der Waals surface area (Å²) in [4.78, 5) is 18.8. The van der Waals surface area contributed by atoms with Crippen LogP contribution in [0.4, 0.5) is 0 Å². The normalized spacial score (nSPS) is 14.5. The molecule has 1 aliphatic heterocycles. The van der Waals surface area contributed by atoms with Crippen LogP contribution in [0.25, 0.3) is 10.4 Å². The number of nitrogens with one attached hydrogen (secondary N) is 1. The Bertz CT molecular complexity index is 702. The number of nitrogens with zero attached hydrogens (tertiary/aromatic N) is 2. The lowest BCUT2D eigenvalue weighted by molar-refractivity contribution is -0.131. The fourth-order valence-electron chi connectivity index (χ4n) is 2.91. The van der Waals surface area contributed by atoms with Gasteiger partial charge in [-0.05, 0) is 25.2 Å². The number of rotatable bonds is 5. The largest absolute Gasteiger partial charge is 0.339 e. The molecule has 0 bridgehead atoms. The highest BCUT2D eigenvalue weighted by Crippen LogP contribution is 2.33. The number of carbonyl (C=O) groups is 1. The highest BCUT2D eigenvalue weighted by molar-refractivity contribution is 7.15. The number of halogens is 3. The third kappa shape index (κ3) is 5.84. The highest BCUT2D eigenvalue weighted by Gasteiger charge is 2.21. The van der Waals surface area contributed by atoms with Gasteiger partial charge in [-0.1, -0.05) is 29.8 Å². The SMILES string of the molecule is CNCC(=O)N1CCN(Cc2ccc(-c3ccccc3Cl)s2)CC1.Cl.Cl. The summed E-state index contributed by atoms with van der Waals surface area (Å²) in [5.74, 6) is 0.189. The molecule has 1 aromatic heterocycles. The Hall–Kier alpha value is -0.820. The Morgan fingerprint density at radius 1 is 1.12 bits per heavy atom. The van der Waals surface area contributed by atoms with E-state index in [0.29, 0.717) is 6.54 Å². The third-order valence-corrected chi connectivity index (χ3v) is 5.67. The van der Waals surface area contributed by atoms with Crippen molar-refractivity contribution in [3.8, 4) is 10.4 Å². The molecule has 0 aliphatic carbocycles. The minimum atomic E-state index is 0. The average Bonchev–Trinajstić information content (AvgIpc) is 3.04. The van der Waals surface area contributed by atoms with Crippen molar-refractivity contribution in [2.75, 3.05) is 39.8 Å². The van der Waals surface area contributed by atoms with Crippen molar-refractivity contribution in [1.29, 1.82) is 0 Å². The third-order valence-electron chi connectivity index (χ3n) is 4.23. The molecular formula is C18H24Cl3N3OS. The minimum Gasteiger partial charge on any atom is -0.339 e. The summed E-state index contributed by atoms with van der Waals surface area (Å²) in [5.41, 5.74) is 1.10. The summed E-state index contributed by atoms with van der Waals surface area (Å²) in [5, 5.41) is 3.72. The van der Waals surface area contributed by atoms with Crippen LogP contribution in [0, 0.1) is 0 Å². The number of thiophene rings is 1. The molecule has 0 spiro atoms. The van der Waals surface area contributed by atoms with Crippen LogP contribution in [0.5, 0.6) is 0 Å². The van der Waals surface area contributed by atoms with Crippen LogP contribution < -0.4 is 5.32 Å². The molecule has 1 amide bonds. The van der Waals surface area contributed by atoms with Crippen molar-refractivity contribution in [2.24, 2.45) is 0 Å². The van der Waals surface area contributed by atoms with E-state index in [0.717, 1.165) is 43.3 Å². The van der Waals surface area contributed by atoms with Gasteiger partial charge in [0, 0.05) is 53.1 Å². The van der Waals surface area contributed by atoms with Crippen molar-refractivity contribution >= 4 is 53.7 Å². The Labute approximate surface area is 176 Å². The quantitative estimate of drug-likeness (QED) is 0.775. The predicted molar refractivity (Wildman–Crippen MR) is 115 cm³/mol. The number of likely N-dealkylation sites (N-methyl/N-ethyl adjacent to an activating group) is 1. The van der Waals surface area contributed by atoms with Gasteiger partial charge in [0.1, 0.15) is 0 Å². The van der Waals surface area contributed by atoms with Crippen LogP contribution in [-0.2, 0) is 11.3 Å². The average molecular weight is 437 g/mol. The Kier molecular flexibility index (Phi) is 9.93. The first-order valence-electron chi connectivity index (χ1n) is 8.15. The zero-order valence-corrected chi connectivity index (χ0v) is 17.8. The smallest absolute Gasteiger partial charge is 0.236 e. The molecule has 3 rings (SSSR count). The van der Waals surface area contributed by atoms with Crippen LogP contribution in [-0.4, -0.2) is 55.5 Å². The molecule has 0 saturated carbocycles. The van der Waals surface area contributed by atoms with E-state index in [1.165, 1.54) is 9.75 Å². The van der Waals surface area contributed by atoms with Crippen LogP contribution >= 0.6 is 47.8 Å². The number of amides is 1. The molecule has 0 unspecified atom stereocenters. The number of hydrogen-bond acceptors (Lipinski definition) is 4. The maximum absolute atomic E-state index is 11.9. The number of benzene rings is 1. The van der Waals surface area contributed by atoms with Crippen LogP contribution in [0.15, 0.2) is 36.4 Å². The molecule has 0 radical (unpaired) electrons. The minimum absolute atomic E-state index is 0. The molecule has 0 atom stereocenters. The molecule has 2 aromatic rings. The maximum Gasteiger partial charge on any atom is 0.236 e. The van der Waals surface area contributed by atoms with Gasteiger partial charge < -0.3 is 10.2 Å². The van der Waals surface area contributed by atoms with E-state index in [9.17, 15) is 4.79 Å². The summed E-state index contributed by atoms with van der Waals surface area (Å²) in [6.45, 7) is 4.82. The van der Waals surface area contributed by atoms with E-state index in [1.54, 1.807) is 11.3 Å². The number of carbonyl (C=O) groups excluding carboxylic acids is 1. The van der Waals surface area contributed by atoms with Gasteiger partial charge in [0.25, 0.3) is 0 Å². The monoisotopic (exact) mass is 435 g/mol. The second kappa shape index (κ2) is 11.1. The maximum atomic E-state index is 11.9. The van der Waals surface area contributed by atoms with Crippen molar-refractivity contribution in [2.45, 2.75) is 6.54 Å². The molecule has 1 N–H and O–H groups in total. The van der Waals surface area contributed by atoms with E-state index in [-0.39, 0.29) is 30.7 Å². The first-order chi connectivity index (χ1) is 11.7. The van der Waals surface area contributed by atoms with Crippen molar-refractivity contribution in [1.82, 2.24) is 15.1 Å². The van der Waals surface area contributed by atoms with Gasteiger partial charge in [-0.2, -0.15) is 0 Å². The summed E-state index contributed by atoms with van der Waals surface area (Å²) in [6, 6.07) is 12.3. The fraction of sp³-hybridized carbons (Fsp3) is 0.389. The van der Waals surface area contributed by atoms with Gasteiger partial charge in [0.05, 0.1) is 6.54 Å². The molecule has 1 aromatic carbocycles. The van der Waals surface area contributed by atoms with Crippen LogP contribution in [0.3, 0.4) is 0 Å². The van der Waals surface area contributed by atoms with Crippen LogP contribution in [0.1, 0.15) is 4.88 Å².